The van der Waals surface area contributed by atoms with Crippen LogP contribution in [0.4, 0.5) is 0 Å². The van der Waals surface area contributed by atoms with Gasteiger partial charge in [-0.2, -0.15) is 0 Å². The van der Waals surface area contributed by atoms with E-state index in [4.69, 9.17) is 11.6 Å². The smallest absolute Gasteiger partial charge is 0.0472 e. The largest absolute Gasteiger partial charge is 0.361 e. The van der Waals surface area contributed by atoms with Gasteiger partial charge in [-0.3, -0.25) is 4.21 Å². The molecule has 0 fully saturated rings. The van der Waals surface area contributed by atoms with Gasteiger partial charge >= 0.3 is 0 Å². The Morgan fingerprint density at radius 3 is 3.00 bits per heavy atom. The molecule has 2 rings (SSSR count). The summed E-state index contributed by atoms with van der Waals surface area (Å²) in [5.41, 5.74) is 2.29. The van der Waals surface area contributed by atoms with Gasteiger partial charge in [0.05, 0.1) is 0 Å². The zero-order valence-electron chi connectivity index (χ0n) is 11.2. The highest BCUT2D eigenvalue weighted by Crippen LogP contribution is 2.21. The Balaban J connectivity index is 1.96. The summed E-state index contributed by atoms with van der Waals surface area (Å²) in [5.74, 6) is 0.748. The van der Waals surface area contributed by atoms with Crippen molar-refractivity contribution < 1.29 is 4.21 Å². The molecule has 2 atom stereocenters. The topological polar surface area (TPSA) is 44.9 Å². The third-order valence-electron chi connectivity index (χ3n) is 3.21. The molecular weight excluding hydrogens is 280 g/mol. The molecule has 0 saturated carbocycles. The van der Waals surface area contributed by atoms with Crippen LogP contribution in [-0.4, -0.2) is 27.2 Å². The molecule has 0 bridgehead atoms. The Hall–Kier alpha value is -0.840. The molecule has 5 heteroatoms. The molecule has 0 aliphatic rings. The molecule has 104 valence electrons. The predicted octanol–water partition coefficient (Wildman–Crippen LogP) is 3.07. The standard InChI is InChI=1S/C14H19ClN2OS/c1-10(5-6-19(2)18)16-8-11-9-17-14-7-12(15)3-4-13(11)14/h3-4,7,9-10,16-17H,5-6,8H2,1-2H3. The van der Waals surface area contributed by atoms with E-state index in [0.29, 0.717) is 6.04 Å². The number of halogens is 1. The molecule has 19 heavy (non-hydrogen) atoms. The van der Waals surface area contributed by atoms with Gasteiger partial charge in [0.1, 0.15) is 0 Å². The normalized spacial score (nSPS) is 14.7. The molecule has 0 saturated heterocycles. The second-order valence-corrected chi connectivity index (χ2v) is 6.84. The number of hydrogen-bond donors (Lipinski definition) is 2. The van der Waals surface area contributed by atoms with Crippen molar-refractivity contribution in [3.05, 3.63) is 35.0 Å². The Bertz CT molecular complexity index is 582. The van der Waals surface area contributed by atoms with Crippen LogP contribution in [0.15, 0.2) is 24.4 Å². The first-order valence-electron chi connectivity index (χ1n) is 6.35. The lowest BCUT2D eigenvalue weighted by Crippen LogP contribution is -2.26. The minimum Gasteiger partial charge on any atom is -0.361 e. The van der Waals surface area contributed by atoms with Crippen LogP contribution in [0.1, 0.15) is 18.9 Å². The molecule has 0 aliphatic heterocycles. The fraction of sp³-hybridized carbons (Fsp3) is 0.429. The van der Waals surface area contributed by atoms with Crippen LogP contribution in [0.3, 0.4) is 0 Å². The van der Waals surface area contributed by atoms with Crippen molar-refractivity contribution in [3.63, 3.8) is 0 Å². The SMILES string of the molecule is CC(CCS(C)=O)NCc1c[nH]c2cc(Cl)ccc12. The lowest BCUT2D eigenvalue weighted by atomic mass is 10.1. The Labute approximate surface area is 121 Å². The molecule has 0 spiro atoms. The zero-order chi connectivity index (χ0) is 13.8. The molecule has 3 nitrogen and oxygen atoms in total. The quantitative estimate of drug-likeness (QED) is 0.861. The molecule has 1 aromatic heterocycles. The number of H-pyrrole nitrogens is 1. The highest BCUT2D eigenvalue weighted by Gasteiger charge is 2.07. The number of benzene rings is 1. The summed E-state index contributed by atoms with van der Waals surface area (Å²) in [4.78, 5) is 3.23. The molecule has 1 heterocycles. The van der Waals surface area contributed by atoms with Gasteiger partial charge < -0.3 is 10.3 Å². The van der Waals surface area contributed by atoms with E-state index in [-0.39, 0.29) is 0 Å². The summed E-state index contributed by atoms with van der Waals surface area (Å²) in [7, 11) is -0.712. The summed E-state index contributed by atoms with van der Waals surface area (Å²) >= 11 is 5.96. The molecular formula is C14H19ClN2OS. The van der Waals surface area contributed by atoms with Crippen LogP contribution in [-0.2, 0) is 17.3 Å². The summed E-state index contributed by atoms with van der Waals surface area (Å²) in [6, 6.07) is 6.24. The number of nitrogens with one attached hydrogen (secondary N) is 2. The molecule has 0 aliphatic carbocycles. The molecule has 2 N–H and O–H groups in total. The average molecular weight is 299 g/mol. The number of rotatable bonds is 6. The first kappa shape index (κ1) is 14.6. The van der Waals surface area contributed by atoms with Gasteiger partial charge in [-0.15, -0.1) is 0 Å². The van der Waals surface area contributed by atoms with E-state index >= 15 is 0 Å². The van der Waals surface area contributed by atoms with E-state index in [9.17, 15) is 4.21 Å². The average Bonchev–Trinajstić information content (AvgIpc) is 2.76. The fourth-order valence-electron chi connectivity index (χ4n) is 2.03. The van der Waals surface area contributed by atoms with Crippen molar-refractivity contribution in [2.75, 3.05) is 12.0 Å². The second-order valence-electron chi connectivity index (χ2n) is 4.85. The summed E-state index contributed by atoms with van der Waals surface area (Å²) in [6.45, 7) is 2.93. The Morgan fingerprint density at radius 1 is 1.47 bits per heavy atom. The first-order chi connectivity index (χ1) is 9.06. The van der Waals surface area contributed by atoms with Gasteiger partial charge in [0, 0.05) is 57.5 Å². The third kappa shape index (κ3) is 4.06. The van der Waals surface area contributed by atoms with E-state index < -0.39 is 10.8 Å². The van der Waals surface area contributed by atoms with E-state index in [0.717, 1.165) is 29.3 Å². The lowest BCUT2D eigenvalue weighted by Gasteiger charge is -2.12. The number of aromatic amines is 1. The van der Waals surface area contributed by atoms with Crippen LogP contribution in [0, 0.1) is 0 Å². The highest BCUT2D eigenvalue weighted by molar-refractivity contribution is 7.84. The third-order valence-corrected chi connectivity index (χ3v) is 4.25. The molecule has 0 amide bonds. The minimum atomic E-state index is -0.712. The molecule has 1 aromatic carbocycles. The molecule has 2 aromatic rings. The van der Waals surface area contributed by atoms with Gasteiger partial charge in [-0.25, -0.2) is 0 Å². The maximum atomic E-state index is 11.1. The van der Waals surface area contributed by atoms with Gasteiger partial charge in [-0.1, -0.05) is 17.7 Å². The maximum Gasteiger partial charge on any atom is 0.0472 e. The van der Waals surface area contributed by atoms with Gasteiger partial charge in [0.2, 0.25) is 0 Å². The van der Waals surface area contributed by atoms with Crippen molar-refractivity contribution >= 4 is 33.3 Å². The van der Waals surface area contributed by atoms with Crippen LogP contribution in [0.5, 0.6) is 0 Å². The maximum absolute atomic E-state index is 11.1. The monoisotopic (exact) mass is 298 g/mol. The summed E-state index contributed by atoms with van der Waals surface area (Å²) in [5, 5.41) is 5.40. The first-order valence-corrected chi connectivity index (χ1v) is 8.45. The van der Waals surface area contributed by atoms with Crippen molar-refractivity contribution in [2.24, 2.45) is 0 Å². The van der Waals surface area contributed by atoms with Gasteiger partial charge in [-0.05, 0) is 31.0 Å². The predicted molar refractivity (Wildman–Crippen MR) is 83.2 cm³/mol. The van der Waals surface area contributed by atoms with Crippen LogP contribution >= 0.6 is 11.6 Å². The fourth-order valence-corrected chi connectivity index (χ4v) is 2.89. The van der Waals surface area contributed by atoms with Crippen LogP contribution in [0.25, 0.3) is 10.9 Å². The van der Waals surface area contributed by atoms with Crippen molar-refractivity contribution in [3.8, 4) is 0 Å². The van der Waals surface area contributed by atoms with Gasteiger partial charge in [0.15, 0.2) is 0 Å². The molecule has 2 unspecified atom stereocenters. The van der Waals surface area contributed by atoms with E-state index in [1.54, 1.807) is 6.26 Å². The lowest BCUT2D eigenvalue weighted by molar-refractivity contribution is 0.536. The summed E-state index contributed by atoms with van der Waals surface area (Å²) < 4.78 is 11.1. The number of hydrogen-bond acceptors (Lipinski definition) is 2. The highest BCUT2D eigenvalue weighted by atomic mass is 35.5. The molecule has 0 radical (unpaired) electrons. The van der Waals surface area contributed by atoms with Gasteiger partial charge in [0.25, 0.3) is 0 Å². The second kappa shape index (κ2) is 6.55. The zero-order valence-corrected chi connectivity index (χ0v) is 12.8. The number of aromatic nitrogens is 1. The van der Waals surface area contributed by atoms with Crippen LogP contribution < -0.4 is 5.32 Å². The van der Waals surface area contributed by atoms with E-state index in [2.05, 4.69) is 17.2 Å². The van der Waals surface area contributed by atoms with E-state index in [1.165, 1.54) is 10.9 Å². The number of fused-ring (bicyclic) bond motifs is 1. The Morgan fingerprint density at radius 2 is 2.26 bits per heavy atom. The van der Waals surface area contributed by atoms with Crippen LogP contribution in [0.2, 0.25) is 5.02 Å². The Kier molecular flexibility index (Phi) is 5.02. The minimum absolute atomic E-state index is 0.362. The van der Waals surface area contributed by atoms with E-state index in [1.807, 2.05) is 24.4 Å². The van der Waals surface area contributed by atoms with Crippen molar-refractivity contribution in [1.82, 2.24) is 10.3 Å². The van der Waals surface area contributed by atoms with Crippen molar-refractivity contribution in [1.29, 1.82) is 0 Å². The summed E-state index contributed by atoms with van der Waals surface area (Å²) in [6.07, 6.45) is 4.69. The van der Waals surface area contributed by atoms with Crippen molar-refractivity contribution in [2.45, 2.75) is 25.9 Å².